The molecule has 1 fully saturated rings. The molecule has 1 aliphatic heterocycles. The van der Waals surface area contributed by atoms with E-state index in [0.717, 1.165) is 25.0 Å². The number of carbonyl (C=O) groups excluding carboxylic acids is 1. The maximum Gasteiger partial charge on any atom is 0.173 e. The van der Waals surface area contributed by atoms with Crippen molar-refractivity contribution in [3.05, 3.63) is 0 Å². The molecule has 0 aromatic rings. The highest BCUT2D eigenvalue weighted by molar-refractivity contribution is 6.08. The van der Waals surface area contributed by atoms with Gasteiger partial charge in [-0.1, -0.05) is 76.3 Å². The summed E-state index contributed by atoms with van der Waals surface area (Å²) in [4.78, 5) is 17.5. The minimum atomic E-state index is -0.810. The quantitative estimate of drug-likeness (QED) is 0.521. The summed E-state index contributed by atoms with van der Waals surface area (Å²) in [5.41, 5.74) is 0.875. The summed E-state index contributed by atoms with van der Waals surface area (Å²) in [6.45, 7) is 2.26. The van der Waals surface area contributed by atoms with Gasteiger partial charge in [-0.2, -0.15) is 0 Å². The Bertz CT molecular complexity index is 408. The van der Waals surface area contributed by atoms with Gasteiger partial charge in [0.25, 0.3) is 0 Å². The van der Waals surface area contributed by atoms with E-state index in [1.54, 1.807) is 0 Å². The van der Waals surface area contributed by atoms with Crippen LogP contribution < -0.4 is 0 Å². The molecule has 0 aromatic carbocycles. The molecule has 4 heteroatoms. The molecule has 0 spiro atoms. The lowest BCUT2D eigenvalue weighted by atomic mass is 9.80. The van der Waals surface area contributed by atoms with Crippen LogP contribution >= 0.6 is 0 Å². The molecule has 3 unspecified atom stereocenters. The minimum Gasteiger partial charge on any atom is -0.391 e. The van der Waals surface area contributed by atoms with Gasteiger partial charge in [0.05, 0.1) is 5.71 Å². The first-order valence-electron chi connectivity index (χ1n) is 10.2. The van der Waals surface area contributed by atoms with Crippen LogP contribution in [0, 0.1) is 5.92 Å². The summed E-state index contributed by atoms with van der Waals surface area (Å²) < 4.78 is 0. The van der Waals surface area contributed by atoms with Crippen molar-refractivity contribution in [2.45, 2.75) is 109 Å². The van der Waals surface area contributed by atoms with E-state index in [1.807, 2.05) is 0 Å². The molecule has 24 heavy (non-hydrogen) atoms. The van der Waals surface area contributed by atoms with E-state index in [4.69, 9.17) is 4.84 Å². The third-order valence-corrected chi connectivity index (χ3v) is 5.43. The SMILES string of the molecule is CCCCCCCCCCCCCC1=NOC2CCC(O)C(=O)C12. The third kappa shape index (κ3) is 5.87. The Morgan fingerprint density at radius 1 is 0.958 bits per heavy atom. The molecular formula is C20H35NO3. The van der Waals surface area contributed by atoms with Gasteiger partial charge in [-0.05, 0) is 25.7 Å². The molecule has 0 radical (unpaired) electrons. The van der Waals surface area contributed by atoms with E-state index < -0.39 is 6.10 Å². The first kappa shape index (κ1) is 19.4. The maximum atomic E-state index is 12.1. The zero-order valence-corrected chi connectivity index (χ0v) is 15.3. The molecule has 2 aliphatic rings. The lowest BCUT2D eigenvalue weighted by molar-refractivity contribution is -0.136. The van der Waals surface area contributed by atoms with Crippen LogP contribution in [0.25, 0.3) is 0 Å². The highest BCUT2D eigenvalue weighted by atomic mass is 16.6. The van der Waals surface area contributed by atoms with E-state index in [0.29, 0.717) is 6.42 Å². The highest BCUT2D eigenvalue weighted by Gasteiger charge is 2.45. The molecule has 1 heterocycles. The Hall–Kier alpha value is -0.900. The summed E-state index contributed by atoms with van der Waals surface area (Å²) in [7, 11) is 0. The number of carbonyl (C=O) groups is 1. The maximum absolute atomic E-state index is 12.1. The smallest absolute Gasteiger partial charge is 0.173 e. The summed E-state index contributed by atoms with van der Waals surface area (Å²) >= 11 is 0. The second-order valence-electron chi connectivity index (χ2n) is 7.49. The van der Waals surface area contributed by atoms with Gasteiger partial charge in [0.1, 0.15) is 18.1 Å². The summed E-state index contributed by atoms with van der Waals surface area (Å²) in [5.74, 6) is -0.345. The van der Waals surface area contributed by atoms with Crippen molar-refractivity contribution in [2.75, 3.05) is 0 Å². The van der Waals surface area contributed by atoms with Crippen LogP contribution in [-0.4, -0.2) is 28.8 Å². The monoisotopic (exact) mass is 337 g/mol. The molecule has 1 saturated carbocycles. The van der Waals surface area contributed by atoms with Crippen molar-refractivity contribution in [1.29, 1.82) is 0 Å². The topological polar surface area (TPSA) is 58.9 Å². The molecule has 2 rings (SSSR count). The van der Waals surface area contributed by atoms with Crippen molar-refractivity contribution in [3.8, 4) is 0 Å². The Balaban J connectivity index is 1.48. The fraction of sp³-hybridized carbons (Fsp3) is 0.900. The zero-order valence-electron chi connectivity index (χ0n) is 15.3. The van der Waals surface area contributed by atoms with E-state index in [9.17, 15) is 9.90 Å². The number of aliphatic hydroxyl groups is 1. The van der Waals surface area contributed by atoms with Crippen LogP contribution in [0.4, 0.5) is 0 Å². The van der Waals surface area contributed by atoms with Gasteiger partial charge >= 0.3 is 0 Å². The Labute approximate surface area is 147 Å². The second kappa shape index (κ2) is 10.9. The van der Waals surface area contributed by atoms with Gasteiger partial charge in [-0.3, -0.25) is 4.79 Å². The number of Topliss-reactive ketones (excluding diaryl/α,β-unsaturated/α-hetero) is 1. The molecule has 1 aliphatic carbocycles. The van der Waals surface area contributed by atoms with E-state index in [-0.39, 0.29) is 17.8 Å². The predicted molar refractivity (Wildman–Crippen MR) is 97.1 cm³/mol. The van der Waals surface area contributed by atoms with Crippen LogP contribution in [0.15, 0.2) is 5.16 Å². The van der Waals surface area contributed by atoms with E-state index in [2.05, 4.69) is 12.1 Å². The third-order valence-electron chi connectivity index (χ3n) is 5.43. The highest BCUT2D eigenvalue weighted by Crippen LogP contribution is 2.32. The van der Waals surface area contributed by atoms with Crippen LogP contribution in [0.5, 0.6) is 0 Å². The minimum absolute atomic E-state index is 0.0782. The van der Waals surface area contributed by atoms with Gasteiger partial charge in [0.2, 0.25) is 0 Å². The number of hydrogen-bond donors (Lipinski definition) is 1. The largest absolute Gasteiger partial charge is 0.391 e. The average molecular weight is 338 g/mol. The number of unbranched alkanes of at least 4 members (excludes halogenated alkanes) is 10. The van der Waals surface area contributed by atoms with Crippen molar-refractivity contribution >= 4 is 11.5 Å². The molecule has 0 aromatic heterocycles. The molecular weight excluding hydrogens is 302 g/mol. The second-order valence-corrected chi connectivity index (χ2v) is 7.49. The van der Waals surface area contributed by atoms with Crippen LogP contribution in [0.2, 0.25) is 0 Å². The summed E-state index contributed by atoms with van der Waals surface area (Å²) in [6.07, 6.45) is 15.7. The standard InChI is InChI=1S/C20H35NO3/c1-2-3-4-5-6-7-8-9-10-11-12-13-16-19-18(24-21-16)15-14-17(22)20(19)23/h17-19,22H,2-15H2,1H3. The van der Waals surface area contributed by atoms with Crippen LogP contribution in [0.1, 0.15) is 96.8 Å². The summed E-state index contributed by atoms with van der Waals surface area (Å²) in [5, 5.41) is 13.9. The lowest BCUT2D eigenvalue weighted by Gasteiger charge is -2.26. The number of oxime groups is 1. The number of aliphatic hydroxyl groups excluding tert-OH is 1. The molecule has 0 saturated heterocycles. The first-order valence-corrected chi connectivity index (χ1v) is 10.2. The first-order chi connectivity index (χ1) is 11.7. The van der Waals surface area contributed by atoms with Gasteiger partial charge in [-0.15, -0.1) is 0 Å². The van der Waals surface area contributed by atoms with E-state index >= 15 is 0 Å². The Morgan fingerprint density at radius 2 is 1.54 bits per heavy atom. The molecule has 138 valence electrons. The predicted octanol–water partition coefficient (Wildman–Crippen LogP) is 4.78. The van der Waals surface area contributed by atoms with E-state index in [1.165, 1.54) is 64.2 Å². The van der Waals surface area contributed by atoms with Crippen molar-refractivity contribution in [2.24, 2.45) is 11.1 Å². The molecule has 1 N–H and O–H groups in total. The van der Waals surface area contributed by atoms with Crippen molar-refractivity contribution in [1.82, 2.24) is 0 Å². The van der Waals surface area contributed by atoms with Gasteiger partial charge in [0, 0.05) is 0 Å². The van der Waals surface area contributed by atoms with Gasteiger partial charge in [-0.25, -0.2) is 0 Å². The molecule has 3 atom stereocenters. The number of ketones is 1. The number of fused-ring (bicyclic) bond motifs is 1. The zero-order chi connectivity index (χ0) is 17.2. The number of nitrogens with zero attached hydrogens (tertiary/aromatic N) is 1. The average Bonchev–Trinajstić information content (AvgIpc) is 3.00. The molecule has 4 nitrogen and oxygen atoms in total. The van der Waals surface area contributed by atoms with Gasteiger partial charge in [0.15, 0.2) is 5.78 Å². The van der Waals surface area contributed by atoms with Crippen molar-refractivity contribution < 1.29 is 14.7 Å². The molecule has 0 bridgehead atoms. The Morgan fingerprint density at radius 3 is 2.17 bits per heavy atom. The van der Waals surface area contributed by atoms with Crippen molar-refractivity contribution in [3.63, 3.8) is 0 Å². The number of rotatable bonds is 12. The normalized spacial score (nSPS) is 26.2. The van der Waals surface area contributed by atoms with Crippen LogP contribution in [0.3, 0.4) is 0 Å². The summed E-state index contributed by atoms with van der Waals surface area (Å²) in [6, 6.07) is 0. The Kier molecular flexibility index (Phi) is 8.79. The lowest BCUT2D eigenvalue weighted by Crippen LogP contribution is -2.43. The fourth-order valence-electron chi connectivity index (χ4n) is 3.88. The van der Waals surface area contributed by atoms with Crippen LogP contribution in [-0.2, 0) is 9.63 Å². The molecule has 0 amide bonds. The fourth-order valence-corrected chi connectivity index (χ4v) is 3.88. The number of hydrogen-bond acceptors (Lipinski definition) is 4. The van der Waals surface area contributed by atoms with Gasteiger partial charge < -0.3 is 9.94 Å².